The van der Waals surface area contributed by atoms with Crippen LogP contribution in [0.1, 0.15) is 22.3 Å². The summed E-state index contributed by atoms with van der Waals surface area (Å²) in [5.74, 6) is -2.64. The lowest BCUT2D eigenvalue weighted by Gasteiger charge is -2.13. The summed E-state index contributed by atoms with van der Waals surface area (Å²) in [6, 6.07) is 5.48. The molecular weight excluding hydrogens is 274 g/mol. The number of nitrogens with one attached hydrogen (secondary N) is 1. The highest BCUT2D eigenvalue weighted by atomic mass is 16.4. The Bertz CT molecular complexity index is 526. The summed E-state index contributed by atoms with van der Waals surface area (Å²) in [4.78, 5) is 35.7. The number of aliphatic carboxylic acids is 1. The molecule has 0 aliphatic heterocycles. The largest absolute Gasteiger partial charge is 0.480 e. The third-order valence-corrected chi connectivity index (χ3v) is 2.72. The van der Waals surface area contributed by atoms with E-state index in [0.717, 1.165) is 12.1 Å². The molecule has 1 aromatic rings. The Morgan fingerprint density at radius 2 is 1.81 bits per heavy atom. The first-order chi connectivity index (χ1) is 9.79. The molecule has 0 unspecified atom stereocenters. The number of primary amides is 1. The van der Waals surface area contributed by atoms with Gasteiger partial charge in [0, 0.05) is 12.1 Å². The van der Waals surface area contributed by atoms with Crippen molar-refractivity contribution >= 4 is 17.8 Å². The first-order valence-electron chi connectivity index (χ1n) is 6.35. The lowest BCUT2D eigenvalue weighted by Crippen LogP contribution is -2.43. The minimum atomic E-state index is -1.32. The van der Waals surface area contributed by atoms with Crippen molar-refractivity contribution in [2.24, 2.45) is 5.73 Å². The van der Waals surface area contributed by atoms with Crippen LogP contribution in [0.4, 0.5) is 0 Å². The lowest BCUT2D eigenvalue weighted by molar-refractivity contribution is -0.140. The van der Waals surface area contributed by atoms with Crippen LogP contribution < -0.4 is 11.1 Å². The fourth-order valence-corrected chi connectivity index (χ4v) is 1.77. The van der Waals surface area contributed by atoms with Crippen LogP contribution in [-0.4, -0.2) is 47.9 Å². The topological polar surface area (TPSA) is 113 Å². The monoisotopic (exact) mass is 293 g/mol. The molecule has 0 aromatic heterocycles. The van der Waals surface area contributed by atoms with Gasteiger partial charge in [0.2, 0.25) is 5.91 Å². The van der Waals surface area contributed by atoms with Gasteiger partial charge in [-0.1, -0.05) is 12.1 Å². The maximum absolute atomic E-state index is 11.9. The van der Waals surface area contributed by atoms with E-state index in [0.29, 0.717) is 5.56 Å². The zero-order valence-electron chi connectivity index (χ0n) is 12.0. The number of carboxylic acid groups (broad SMARTS) is 1. The number of hydrogen-bond donors (Lipinski definition) is 3. The third-order valence-electron chi connectivity index (χ3n) is 2.72. The number of carbonyl (C=O) groups excluding carboxylic acids is 2. The van der Waals surface area contributed by atoms with Crippen LogP contribution in [0.25, 0.3) is 0 Å². The highest BCUT2D eigenvalue weighted by molar-refractivity contribution is 5.97. The van der Waals surface area contributed by atoms with Crippen LogP contribution in [0.15, 0.2) is 24.3 Å². The van der Waals surface area contributed by atoms with Gasteiger partial charge in [0.25, 0.3) is 5.91 Å². The molecule has 0 aliphatic carbocycles. The fourth-order valence-electron chi connectivity index (χ4n) is 1.77. The highest BCUT2D eigenvalue weighted by Gasteiger charge is 2.22. The predicted molar refractivity (Wildman–Crippen MR) is 76.5 cm³/mol. The molecule has 2 amide bonds. The summed E-state index contributed by atoms with van der Waals surface area (Å²) in [6.07, 6.45) is -0.445. The predicted octanol–water partition coefficient (Wildman–Crippen LogP) is -0.193. The normalized spacial score (nSPS) is 12.0. The van der Waals surface area contributed by atoms with Crippen LogP contribution in [0.2, 0.25) is 0 Å². The molecule has 0 spiro atoms. The van der Waals surface area contributed by atoms with Gasteiger partial charge < -0.3 is 21.1 Å². The van der Waals surface area contributed by atoms with E-state index < -0.39 is 30.2 Å². The summed E-state index contributed by atoms with van der Waals surface area (Å²) in [5.41, 5.74) is 6.31. The van der Waals surface area contributed by atoms with Crippen LogP contribution in [0.3, 0.4) is 0 Å². The standard InChI is InChI=1S/C14H19N3O4/c1-17(2)8-9-3-5-10(6-4-9)13(19)16-11(14(20)21)7-12(15)18/h3-6,11H,7-8H2,1-2H3,(H2,15,18)(H,16,19)(H,20,21)/t11-/m1/s1. The van der Waals surface area contributed by atoms with Crippen molar-refractivity contribution in [3.8, 4) is 0 Å². The van der Waals surface area contributed by atoms with E-state index in [4.69, 9.17) is 10.8 Å². The van der Waals surface area contributed by atoms with Crippen LogP contribution in [-0.2, 0) is 16.1 Å². The van der Waals surface area contributed by atoms with E-state index in [1.54, 1.807) is 24.3 Å². The molecule has 0 heterocycles. The van der Waals surface area contributed by atoms with E-state index in [9.17, 15) is 14.4 Å². The Morgan fingerprint density at radius 1 is 1.24 bits per heavy atom. The molecule has 1 aromatic carbocycles. The second-order valence-corrected chi connectivity index (χ2v) is 4.97. The zero-order valence-corrected chi connectivity index (χ0v) is 12.0. The minimum absolute atomic E-state index is 0.327. The molecule has 114 valence electrons. The summed E-state index contributed by atoms with van der Waals surface area (Å²) < 4.78 is 0. The summed E-state index contributed by atoms with van der Waals surface area (Å²) in [6.45, 7) is 0.737. The molecule has 21 heavy (non-hydrogen) atoms. The number of carboxylic acids is 1. The quantitative estimate of drug-likeness (QED) is 0.645. The second kappa shape index (κ2) is 7.39. The molecular formula is C14H19N3O4. The molecule has 0 saturated carbocycles. The molecule has 1 rings (SSSR count). The molecule has 0 aliphatic rings. The van der Waals surface area contributed by atoms with Crippen molar-refractivity contribution in [1.82, 2.24) is 10.2 Å². The average Bonchev–Trinajstić information content (AvgIpc) is 2.37. The molecule has 7 heteroatoms. The van der Waals surface area contributed by atoms with Gasteiger partial charge in [0.15, 0.2) is 0 Å². The number of amides is 2. The van der Waals surface area contributed by atoms with Gasteiger partial charge in [-0.2, -0.15) is 0 Å². The Labute approximate surface area is 122 Å². The van der Waals surface area contributed by atoms with Gasteiger partial charge in [0.05, 0.1) is 6.42 Å². The molecule has 4 N–H and O–H groups in total. The fraction of sp³-hybridized carbons (Fsp3) is 0.357. The Kier molecular flexibility index (Phi) is 5.86. The highest BCUT2D eigenvalue weighted by Crippen LogP contribution is 2.07. The minimum Gasteiger partial charge on any atom is -0.480 e. The summed E-state index contributed by atoms with van der Waals surface area (Å²) in [7, 11) is 3.86. The smallest absolute Gasteiger partial charge is 0.326 e. The number of nitrogens with zero attached hydrogens (tertiary/aromatic N) is 1. The van der Waals surface area contributed by atoms with Gasteiger partial charge in [-0.15, -0.1) is 0 Å². The molecule has 0 saturated heterocycles. The Balaban J connectivity index is 2.73. The van der Waals surface area contributed by atoms with Crippen molar-refractivity contribution in [1.29, 1.82) is 0 Å². The van der Waals surface area contributed by atoms with Crippen molar-refractivity contribution in [2.75, 3.05) is 14.1 Å². The van der Waals surface area contributed by atoms with E-state index in [1.807, 2.05) is 19.0 Å². The van der Waals surface area contributed by atoms with Crippen LogP contribution in [0, 0.1) is 0 Å². The Hall–Kier alpha value is -2.41. The van der Waals surface area contributed by atoms with Crippen molar-refractivity contribution < 1.29 is 19.5 Å². The van der Waals surface area contributed by atoms with Gasteiger partial charge in [-0.05, 0) is 31.8 Å². The maximum Gasteiger partial charge on any atom is 0.326 e. The molecule has 0 fully saturated rings. The molecule has 7 nitrogen and oxygen atoms in total. The number of hydrogen-bond acceptors (Lipinski definition) is 4. The van der Waals surface area contributed by atoms with Gasteiger partial charge in [-0.3, -0.25) is 9.59 Å². The zero-order chi connectivity index (χ0) is 16.0. The van der Waals surface area contributed by atoms with E-state index >= 15 is 0 Å². The third kappa shape index (κ3) is 5.62. The van der Waals surface area contributed by atoms with Gasteiger partial charge >= 0.3 is 5.97 Å². The SMILES string of the molecule is CN(C)Cc1ccc(C(=O)N[C@H](CC(N)=O)C(=O)O)cc1. The number of carbonyl (C=O) groups is 3. The van der Waals surface area contributed by atoms with Crippen molar-refractivity contribution in [2.45, 2.75) is 19.0 Å². The first kappa shape index (κ1) is 16.6. The average molecular weight is 293 g/mol. The number of rotatable bonds is 7. The number of nitrogens with two attached hydrogens (primary N) is 1. The molecule has 1 atom stereocenters. The summed E-state index contributed by atoms with van der Waals surface area (Å²) in [5, 5.41) is 11.2. The van der Waals surface area contributed by atoms with E-state index in [1.165, 1.54) is 0 Å². The molecule has 0 bridgehead atoms. The lowest BCUT2D eigenvalue weighted by atomic mass is 10.1. The molecule has 0 radical (unpaired) electrons. The van der Waals surface area contributed by atoms with Crippen molar-refractivity contribution in [3.05, 3.63) is 35.4 Å². The van der Waals surface area contributed by atoms with Crippen LogP contribution >= 0.6 is 0 Å². The van der Waals surface area contributed by atoms with E-state index in [2.05, 4.69) is 5.32 Å². The maximum atomic E-state index is 11.9. The summed E-state index contributed by atoms with van der Waals surface area (Å²) >= 11 is 0. The van der Waals surface area contributed by atoms with E-state index in [-0.39, 0.29) is 0 Å². The van der Waals surface area contributed by atoms with Crippen LogP contribution in [0.5, 0.6) is 0 Å². The Morgan fingerprint density at radius 3 is 2.24 bits per heavy atom. The second-order valence-electron chi connectivity index (χ2n) is 4.97. The number of benzene rings is 1. The van der Waals surface area contributed by atoms with Gasteiger partial charge in [-0.25, -0.2) is 4.79 Å². The van der Waals surface area contributed by atoms with Gasteiger partial charge in [0.1, 0.15) is 6.04 Å². The first-order valence-corrected chi connectivity index (χ1v) is 6.35. The van der Waals surface area contributed by atoms with Crippen molar-refractivity contribution in [3.63, 3.8) is 0 Å².